The van der Waals surface area contributed by atoms with Crippen LogP contribution in [0.25, 0.3) is 0 Å². The summed E-state index contributed by atoms with van der Waals surface area (Å²) in [6.07, 6.45) is 3.06. The number of hydrogen-bond donors (Lipinski definition) is 1. The molecule has 0 bridgehead atoms. The second-order valence-corrected chi connectivity index (χ2v) is 6.32. The van der Waals surface area contributed by atoms with Gasteiger partial charge in [0.2, 0.25) is 0 Å². The van der Waals surface area contributed by atoms with Gasteiger partial charge in [-0.2, -0.15) is 5.26 Å². The van der Waals surface area contributed by atoms with E-state index in [2.05, 4.69) is 31.3 Å². The van der Waals surface area contributed by atoms with Crippen LogP contribution in [0.15, 0.2) is 18.2 Å². The van der Waals surface area contributed by atoms with Crippen molar-refractivity contribution in [1.29, 1.82) is 5.26 Å². The summed E-state index contributed by atoms with van der Waals surface area (Å²) in [4.78, 5) is 0. The molecule has 0 aromatic heterocycles. The maximum atomic E-state index is 9.40. The molecule has 0 heterocycles. The molecule has 1 N–H and O–H groups in total. The predicted octanol–water partition coefficient (Wildman–Crippen LogP) is 3.50. The van der Waals surface area contributed by atoms with Crippen molar-refractivity contribution in [1.82, 2.24) is 5.32 Å². The zero-order valence-electron chi connectivity index (χ0n) is 12.9. The zero-order chi connectivity index (χ0) is 14.8. The van der Waals surface area contributed by atoms with Crippen LogP contribution < -0.4 is 10.1 Å². The van der Waals surface area contributed by atoms with Crippen molar-refractivity contribution in [2.45, 2.75) is 64.6 Å². The highest BCUT2D eigenvalue weighted by Crippen LogP contribution is 2.26. The third kappa shape index (κ3) is 4.25. The normalized spacial score (nSPS) is 18.9. The van der Waals surface area contributed by atoms with Gasteiger partial charge in [-0.3, -0.25) is 5.32 Å². The lowest BCUT2D eigenvalue weighted by Crippen LogP contribution is -2.45. The van der Waals surface area contributed by atoms with Gasteiger partial charge in [-0.15, -0.1) is 0 Å². The summed E-state index contributed by atoms with van der Waals surface area (Å²) >= 11 is 0. The molecular formula is C17H24N2O. The molecule has 2 rings (SSSR count). The Kier molecular flexibility index (Phi) is 4.35. The highest BCUT2D eigenvalue weighted by molar-refractivity contribution is 5.33. The lowest BCUT2D eigenvalue weighted by molar-refractivity contribution is 0.179. The number of nitriles is 1. The molecule has 0 spiro atoms. The Balaban J connectivity index is 1.96. The Hall–Kier alpha value is -1.53. The van der Waals surface area contributed by atoms with Crippen LogP contribution in [0.1, 0.15) is 44.2 Å². The van der Waals surface area contributed by atoms with E-state index in [0.29, 0.717) is 12.5 Å². The van der Waals surface area contributed by atoms with Crippen molar-refractivity contribution in [2.24, 2.45) is 0 Å². The Morgan fingerprint density at radius 1 is 1.35 bits per heavy atom. The SMILES string of the molecule is Cc1cc(C)cc(OC(C)CC(C)(C#N)NC2CC2)c1. The van der Waals surface area contributed by atoms with Gasteiger partial charge in [-0.05, 0) is 63.8 Å². The molecule has 0 aliphatic heterocycles. The van der Waals surface area contributed by atoms with Gasteiger partial charge in [-0.1, -0.05) is 6.07 Å². The van der Waals surface area contributed by atoms with Gasteiger partial charge in [0, 0.05) is 12.5 Å². The van der Waals surface area contributed by atoms with Crippen LogP contribution in [0.2, 0.25) is 0 Å². The Labute approximate surface area is 121 Å². The fourth-order valence-electron chi connectivity index (χ4n) is 2.66. The molecule has 1 aromatic carbocycles. The summed E-state index contributed by atoms with van der Waals surface area (Å²) in [6.45, 7) is 8.13. The summed E-state index contributed by atoms with van der Waals surface area (Å²) in [6, 6.07) is 9.14. The Morgan fingerprint density at radius 2 is 1.95 bits per heavy atom. The molecule has 20 heavy (non-hydrogen) atoms. The van der Waals surface area contributed by atoms with Crippen molar-refractivity contribution < 1.29 is 4.74 Å². The van der Waals surface area contributed by atoms with Gasteiger partial charge in [0.05, 0.1) is 12.2 Å². The number of benzene rings is 1. The third-order valence-corrected chi connectivity index (χ3v) is 3.57. The number of nitrogens with one attached hydrogen (secondary N) is 1. The molecule has 3 heteroatoms. The molecule has 1 aliphatic rings. The van der Waals surface area contributed by atoms with Crippen LogP contribution in [0.5, 0.6) is 5.75 Å². The third-order valence-electron chi connectivity index (χ3n) is 3.57. The molecule has 1 fully saturated rings. The van der Waals surface area contributed by atoms with E-state index < -0.39 is 5.54 Å². The van der Waals surface area contributed by atoms with Crippen LogP contribution in [0.3, 0.4) is 0 Å². The molecule has 1 saturated carbocycles. The molecule has 2 atom stereocenters. The van der Waals surface area contributed by atoms with E-state index in [-0.39, 0.29) is 6.10 Å². The summed E-state index contributed by atoms with van der Waals surface area (Å²) < 4.78 is 5.98. The van der Waals surface area contributed by atoms with Crippen LogP contribution in [0, 0.1) is 25.2 Å². The summed E-state index contributed by atoms with van der Waals surface area (Å²) in [7, 11) is 0. The molecule has 0 saturated heterocycles. The van der Waals surface area contributed by atoms with E-state index in [9.17, 15) is 5.26 Å². The Morgan fingerprint density at radius 3 is 2.45 bits per heavy atom. The van der Waals surface area contributed by atoms with Gasteiger partial charge in [0.1, 0.15) is 11.3 Å². The van der Waals surface area contributed by atoms with Gasteiger partial charge in [0.15, 0.2) is 0 Å². The van der Waals surface area contributed by atoms with Gasteiger partial charge in [0.25, 0.3) is 0 Å². The minimum atomic E-state index is -0.501. The second-order valence-electron chi connectivity index (χ2n) is 6.32. The van der Waals surface area contributed by atoms with E-state index in [0.717, 1.165) is 5.75 Å². The molecule has 0 amide bonds. The highest BCUT2D eigenvalue weighted by atomic mass is 16.5. The van der Waals surface area contributed by atoms with E-state index in [4.69, 9.17) is 4.74 Å². The van der Waals surface area contributed by atoms with Crippen molar-refractivity contribution in [3.05, 3.63) is 29.3 Å². The molecule has 1 aliphatic carbocycles. The molecule has 108 valence electrons. The number of hydrogen-bond acceptors (Lipinski definition) is 3. The fourth-order valence-corrected chi connectivity index (χ4v) is 2.66. The van der Waals surface area contributed by atoms with Crippen LogP contribution >= 0.6 is 0 Å². The lowest BCUT2D eigenvalue weighted by Gasteiger charge is -2.27. The number of rotatable bonds is 6. The minimum Gasteiger partial charge on any atom is -0.491 e. The first-order valence-electron chi connectivity index (χ1n) is 7.34. The maximum Gasteiger partial charge on any atom is 0.120 e. The molecular weight excluding hydrogens is 248 g/mol. The van der Waals surface area contributed by atoms with Crippen LogP contribution in [-0.2, 0) is 0 Å². The van der Waals surface area contributed by atoms with E-state index in [1.807, 2.05) is 26.0 Å². The molecule has 3 nitrogen and oxygen atoms in total. The van der Waals surface area contributed by atoms with Crippen LogP contribution in [0.4, 0.5) is 0 Å². The van der Waals surface area contributed by atoms with Crippen molar-refractivity contribution >= 4 is 0 Å². The quantitative estimate of drug-likeness (QED) is 0.862. The average molecular weight is 272 g/mol. The first kappa shape index (κ1) is 14.9. The van der Waals surface area contributed by atoms with Crippen molar-refractivity contribution in [3.8, 4) is 11.8 Å². The number of nitrogens with zero attached hydrogens (tertiary/aromatic N) is 1. The molecule has 2 unspecified atom stereocenters. The molecule has 0 radical (unpaired) electrons. The van der Waals surface area contributed by atoms with E-state index in [1.165, 1.54) is 24.0 Å². The van der Waals surface area contributed by atoms with Gasteiger partial charge >= 0.3 is 0 Å². The minimum absolute atomic E-state index is 0.00657. The maximum absolute atomic E-state index is 9.40. The van der Waals surface area contributed by atoms with Crippen molar-refractivity contribution in [3.63, 3.8) is 0 Å². The Bertz CT molecular complexity index is 496. The second kappa shape index (κ2) is 5.85. The molecule has 1 aromatic rings. The topological polar surface area (TPSA) is 45.0 Å². The first-order valence-corrected chi connectivity index (χ1v) is 7.34. The number of aryl methyl sites for hydroxylation is 2. The predicted molar refractivity (Wildman–Crippen MR) is 80.8 cm³/mol. The highest BCUT2D eigenvalue weighted by Gasteiger charge is 2.34. The summed E-state index contributed by atoms with van der Waals surface area (Å²) in [5, 5.41) is 12.8. The lowest BCUT2D eigenvalue weighted by atomic mass is 9.96. The van der Waals surface area contributed by atoms with Gasteiger partial charge < -0.3 is 4.74 Å². The average Bonchev–Trinajstić information content (AvgIpc) is 3.10. The monoisotopic (exact) mass is 272 g/mol. The smallest absolute Gasteiger partial charge is 0.120 e. The summed E-state index contributed by atoms with van der Waals surface area (Å²) in [5.41, 5.74) is 1.90. The van der Waals surface area contributed by atoms with E-state index in [1.54, 1.807) is 0 Å². The largest absolute Gasteiger partial charge is 0.491 e. The standard InChI is InChI=1S/C17H24N2O/c1-12-7-13(2)9-16(8-12)20-14(3)10-17(4,11-18)19-15-5-6-15/h7-9,14-15,19H,5-6,10H2,1-4H3. The van der Waals surface area contributed by atoms with Crippen molar-refractivity contribution in [2.75, 3.05) is 0 Å². The summed E-state index contributed by atoms with van der Waals surface area (Å²) in [5.74, 6) is 0.890. The van der Waals surface area contributed by atoms with Gasteiger partial charge in [-0.25, -0.2) is 0 Å². The van der Waals surface area contributed by atoms with E-state index >= 15 is 0 Å². The first-order chi connectivity index (χ1) is 9.40. The fraction of sp³-hybridized carbons (Fsp3) is 0.588. The zero-order valence-corrected chi connectivity index (χ0v) is 12.9. The van der Waals surface area contributed by atoms with Crippen LogP contribution in [-0.4, -0.2) is 17.7 Å². The number of ether oxygens (including phenoxy) is 1.